The zero-order valence-electron chi connectivity index (χ0n) is 13.4. The molecule has 1 amide bonds. The smallest absolute Gasteiger partial charge is 0.254 e. The van der Waals surface area contributed by atoms with E-state index in [4.69, 9.17) is 9.26 Å². The quantitative estimate of drug-likeness (QED) is 0.840. The Kier molecular flexibility index (Phi) is 4.95. The van der Waals surface area contributed by atoms with Crippen LogP contribution in [0.3, 0.4) is 0 Å². The number of carbonyl (C=O) groups is 1. The Morgan fingerprint density at radius 2 is 2.43 bits per heavy atom. The summed E-state index contributed by atoms with van der Waals surface area (Å²) in [5.41, 5.74) is 0. The van der Waals surface area contributed by atoms with Gasteiger partial charge >= 0.3 is 0 Å². The number of amides is 1. The first kappa shape index (κ1) is 16.0. The molecule has 7 heteroatoms. The third kappa shape index (κ3) is 3.90. The first-order chi connectivity index (χ1) is 11.2. The molecule has 0 N–H and O–H groups in total. The lowest BCUT2D eigenvalue weighted by Gasteiger charge is -2.31. The number of ether oxygens (including phenoxy) is 1. The maximum atomic E-state index is 12.4. The van der Waals surface area contributed by atoms with E-state index in [1.807, 2.05) is 11.1 Å². The van der Waals surface area contributed by atoms with E-state index in [1.165, 1.54) is 4.88 Å². The van der Waals surface area contributed by atoms with Crippen LogP contribution in [0.2, 0.25) is 0 Å². The molecule has 0 aromatic carbocycles. The molecular weight excluding hydrogens is 314 g/mol. The van der Waals surface area contributed by atoms with Crippen molar-refractivity contribution in [1.29, 1.82) is 0 Å². The zero-order chi connectivity index (χ0) is 16.2. The van der Waals surface area contributed by atoms with Crippen LogP contribution in [-0.4, -0.2) is 41.1 Å². The van der Waals surface area contributed by atoms with Crippen LogP contribution < -0.4 is 4.74 Å². The van der Waals surface area contributed by atoms with Gasteiger partial charge in [0.1, 0.15) is 5.76 Å². The van der Waals surface area contributed by atoms with Crippen LogP contribution in [0.5, 0.6) is 5.88 Å². The van der Waals surface area contributed by atoms with Crippen LogP contribution in [0.25, 0.3) is 0 Å². The van der Waals surface area contributed by atoms with Crippen LogP contribution in [0.4, 0.5) is 0 Å². The highest BCUT2D eigenvalue weighted by Crippen LogP contribution is 2.30. The van der Waals surface area contributed by atoms with Gasteiger partial charge in [-0.25, -0.2) is 4.98 Å². The number of likely N-dealkylation sites (tertiary alicyclic amines) is 1. The number of nitrogens with zero attached hydrogens (tertiary/aromatic N) is 3. The molecule has 124 valence electrons. The van der Waals surface area contributed by atoms with Gasteiger partial charge in [-0.2, -0.15) is 0 Å². The molecule has 0 radical (unpaired) electrons. The fourth-order valence-corrected chi connectivity index (χ4v) is 3.76. The highest BCUT2D eigenvalue weighted by molar-refractivity contribution is 7.11. The first-order valence-corrected chi connectivity index (χ1v) is 8.67. The van der Waals surface area contributed by atoms with E-state index in [9.17, 15) is 4.79 Å². The van der Waals surface area contributed by atoms with Crippen molar-refractivity contribution in [2.24, 2.45) is 0 Å². The second-order valence-corrected chi connectivity index (χ2v) is 7.09. The molecule has 6 nitrogen and oxygen atoms in total. The van der Waals surface area contributed by atoms with Crippen molar-refractivity contribution in [2.75, 3.05) is 20.2 Å². The third-order valence-electron chi connectivity index (χ3n) is 4.09. The van der Waals surface area contributed by atoms with E-state index in [0.29, 0.717) is 30.4 Å². The summed E-state index contributed by atoms with van der Waals surface area (Å²) in [5.74, 6) is 1.67. The molecule has 0 aliphatic carbocycles. The molecule has 1 aliphatic heterocycles. The van der Waals surface area contributed by atoms with Crippen LogP contribution in [0.15, 0.2) is 16.8 Å². The fraction of sp³-hybridized carbons (Fsp3) is 0.562. The Labute approximate surface area is 139 Å². The number of hydrogen-bond acceptors (Lipinski definition) is 6. The highest BCUT2D eigenvalue weighted by Gasteiger charge is 2.26. The maximum Gasteiger partial charge on any atom is 0.254 e. The largest absolute Gasteiger partial charge is 0.479 e. The molecule has 3 rings (SSSR count). The van der Waals surface area contributed by atoms with Crippen molar-refractivity contribution in [3.8, 4) is 5.88 Å². The lowest BCUT2D eigenvalue weighted by atomic mass is 9.98. The number of carbonyl (C=O) groups excluding carboxylic acids is 1. The molecule has 0 spiro atoms. The third-order valence-corrected chi connectivity index (χ3v) is 5.17. The monoisotopic (exact) mass is 335 g/mol. The summed E-state index contributed by atoms with van der Waals surface area (Å²) in [5, 5.41) is 4.90. The van der Waals surface area contributed by atoms with Gasteiger partial charge < -0.3 is 14.2 Å². The molecule has 1 aliphatic rings. The standard InChI is InChI=1S/C16H21N3O3S/c1-11-9-17-16(23-11)12-4-3-7-19(10-12)15(20)6-5-13-8-14(21-2)18-22-13/h8-9,12H,3-7,10H2,1-2H3. The molecule has 1 unspecified atom stereocenters. The van der Waals surface area contributed by atoms with Crippen molar-refractivity contribution >= 4 is 17.2 Å². The second kappa shape index (κ2) is 7.12. The Hall–Kier alpha value is -1.89. The van der Waals surface area contributed by atoms with Crippen molar-refractivity contribution in [2.45, 2.75) is 38.5 Å². The molecule has 1 atom stereocenters. The summed E-state index contributed by atoms with van der Waals surface area (Å²) >= 11 is 1.74. The predicted molar refractivity (Wildman–Crippen MR) is 86.8 cm³/mol. The minimum Gasteiger partial charge on any atom is -0.479 e. The SMILES string of the molecule is COc1cc(CCC(=O)N2CCCC(c3ncc(C)s3)C2)on1. The molecule has 1 saturated heterocycles. The van der Waals surface area contributed by atoms with Crippen LogP contribution in [-0.2, 0) is 11.2 Å². The first-order valence-electron chi connectivity index (χ1n) is 7.85. The highest BCUT2D eigenvalue weighted by atomic mass is 32.1. The van der Waals surface area contributed by atoms with E-state index in [1.54, 1.807) is 24.5 Å². The number of thiazole rings is 1. The molecule has 0 saturated carbocycles. The molecule has 1 fully saturated rings. The summed E-state index contributed by atoms with van der Waals surface area (Å²) in [4.78, 5) is 20.1. The van der Waals surface area contributed by atoms with Gasteiger partial charge in [0.25, 0.3) is 5.88 Å². The predicted octanol–water partition coefficient (Wildman–Crippen LogP) is 2.79. The van der Waals surface area contributed by atoms with Crippen LogP contribution in [0, 0.1) is 6.92 Å². The molecular formula is C16H21N3O3S. The Balaban J connectivity index is 1.54. The lowest BCUT2D eigenvalue weighted by molar-refractivity contribution is -0.132. The summed E-state index contributed by atoms with van der Waals surface area (Å²) in [6.45, 7) is 3.67. The van der Waals surface area contributed by atoms with Gasteiger partial charge in [0, 0.05) is 49.0 Å². The van der Waals surface area contributed by atoms with Gasteiger partial charge in [-0.1, -0.05) is 0 Å². The van der Waals surface area contributed by atoms with Gasteiger partial charge in [-0.3, -0.25) is 4.79 Å². The van der Waals surface area contributed by atoms with Crippen molar-refractivity contribution in [3.05, 3.63) is 27.9 Å². The summed E-state index contributed by atoms with van der Waals surface area (Å²) in [6, 6.07) is 1.73. The number of hydrogen-bond donors (Lipinski definition) is 0. The average Bonchev–Trinajstić information content (AvgIpc) is 3.21. The topological polar surface area (TPSA) is 68.5 Å². The molecule has 2 aromatic rings. The number of piperidine rings is 1. The summed E-state index contributed by atoms with van der Waals surface area (Å²) < 4.78 is 10.1. The van der Waals surface area contributed by atoms with Crippen LogP contribution in [0.1, 0.15) is 40.8 Å². The summed E-state index contributed by atoms with van der Waals surface area (Å²) in [7, 11) is 1.54. The van der Waals surface area contributed by atoms with Gasteiger partial charge in [-0.05, 0) is 24.9 Å². The molecule has 2 aromatic heterocycles. The number of rotatable bonds is 5. The van der Waals surface area contributed by atoms with E-state index < -0.39 is 0 Å². The average molecular weight is 335 g/mol. The van der Waals surface area contributed by atoms with E-state index >= 15 is 0 Å². The van der Waals surface area contributed by atoms with Crippen molar-refractivity contribution in [1.82, 2.24) is 15.0 Å². The Morgan fingerprint density at radius 3 is 3.13 bits per heavy atom. The van der Waals surface area contributed by atoms with Gasteiger partial charge in [-0.15, -0.1) is 11.3 Å². The van der Waals surface area contributed by atoms with Gasteiger partial charge in [0.15, 0.2) is 0 Å². The normalized spacial score (nSPS) is 18.2. The van der Waals surface area contributed by atoms with E-state index in [-0.39, 0.29) is 5.91 Å². The Bertz CT molecular complexity index is 667. The van der Waals surface area contributed by atoms with Gasteiger partial charge in [0.05, 0.1) is 12.1 Å². The van der Waals surface area contributed by atoms with E-state index in [0.717, 1.165) is 30.9 Å². The second-order valence-electron chi connectivity index (χ2n) is 5.82. The molecule has 0 bridgehead atoms. The summed E-state index contributed by atoms with van der Waals surface area (Å²) in [6.07, 6.45) is 5.04. The number of aryl methyl sites for hydroxylation is 2. The minimum atomic E-state index is 0.165. The molecule has 23 heavy (non-hydrogen) atoms. The number of aromatic nitrogens is 2. The van der Waals surface area contributed by atoms with Gasteiger partial charge in [0.2, 0.25) is 5.91 Å². The lowest BCUT2D eigenvalue weighted by Crippen LogP contribution is -2.39. The Morgan fingerprint density at radius 1 is 1.57 bits per heavy atom. The molecule has 3 heterocycles. The van der Waals surface area contributed by atoms with Crippen LogP contribution >= 0.6 is 11.3 Å². The maximum absolute atomic E-state index is 12.4. The fourth-order valence-electron chi connectivity index (χ4n) is 2.86. The van der Waals surface area contributed by atoms with Crippen molar-refractivity contribution in [3.63, 3.8) is 0 Å². The zero-order valence-corrected chi connectivity index (χ0v) is 14.3. The van der Waals surface area contributed by atoms with Crippen molar-refractivity contribution < 1.29 is 14.1 Å². The number of methoxy groups -OCH3 is 1. The minimum absolute atomic E-state index is 0.165. The van der Waals surface area contributed by atoms with E-state index in [2.05, 4.69) is 17.1 Å².